The average molecular weight is 281 g/mol. The second-order valence-corrected chi connectivity index (χ2v) is 11.0. The largest absolute Gasteiger partial charge is 0.491 e. The molecule has 19 heavy (non-hydrogen) atoms. The van der Waals surface area contributed by atoms with Crippen molar-refractivity contribution in [3.8, 4) is 5.75 Å². The third kappa shape index (κ3) is 4.88. The number of ether oxygens (including phenoxy) is 1. The molecule has 1 aromatic rings. The van der Waals surface area contributed by atoms with E-state index in [1.165, 1.54) is 0 Å². The molecule has 4 heteroatoms. The van der Waals surface area contributed by atoms with Crippen LogP contribution in [0.5, 0.6) is 5.75 Å². The summed E-state index contributed by atoms with van der Waals surface area (Å²) in [4.78, 5) is 0. The van der Waals surface area contributed by atoms with Crippen LogP contribution in [0.1, 0.15) is 20.8 Å². The summed E-state index contributed by atoms with van der Waals surface area (Å²) in [6.07, 6.45) is 0. The third-order valence-electron chi connectivity index (χ3n) is 3.74. The number of nitrogens with one attached hydrogen (secondary N) is 1. The van der Waals surface area contributed by atoms with Crippen molar-refractivity contribution in [1.82, 2.24) is 0 Å². The predicted molar refractivity (Wildman–Crippen MR) is 84.6 cm³/mol. The zero-order chi connectivity index (χ0) is 14.5. The zero-order valence-corrected chi connectivity index (χ0v) is 14.0. The second kappa shape index (κ2) is 6.44. The van der Waals surface area contributed by atoms with Crippen LogP contribution in [0.15, 0.2) is 24.3 Å². The molecule has 0 aliphatic carbocycles. The van der Waals surface area contributed by atoms with Crippen molar-refractivity contribution in [2.24, 2.45) is 0 Å². The Labute approximate surface area is 118 Å². The molecule has 0 saturated carbocycles. The smallest absolute Gasteiger partial charge is 0.192 e. The minimum Gasteiger partial charge on any atom is -0.491 e. The van der Waals surface area contributed by atoms with Gasteiger partial charge in [-0.1, -0.05) is 26.8 Å². The van der Waals surface area contributed by atoms with Crippen LogP contribution in [0.2, 0.25) is 18.1 Å². The molecule has 3 nitrogen and oxygen atoms in total. The molecular formula is C15H27NO2Si. The SMILES string of the molecule is CNc1cccc(OCCO[Si](C)(C)C(C)(C)C)c1. The van der Waals surface area contributed by atoms with Crippen molar-refractivity contribution >= 4 is 14.0 Å². The lowest BCUT2D eigenvalue weighted by atomic mass is 10.2. The van der Waals surface area contributed by atoms with Crippen LogP contribution in [-0.4, -0.2) is 28.6 Å². The summed E-state index contributed by atoms with van der Waals surface area (Å²) in [6.45, 7) is 12.5. The van der Waals surface area contributed by atoms with Gasteiger partial charge in [0.05, 0.1) is 6.61 Å². The molecule has 0 unspecified atom stereocenters. The van der Waals surface area contributed by atoms with Gasteiger partial charge in [0, 0.05) is 18.8 Å². The van der Waals surface area contributed by atoms with Gasteiger partial charge in [-0.15, -0.1) is 0 Å². The Kier molecular flexibility index (Phi) is 5.44. The van der Waals surface area contributed by atoms with Gasteiger partial charge in [0.15, 0.2) is 8.32 Å². The molecule has 0 heterocycles. The lowest BCUT2D eigenvalue weighted by Gasteiger charge is -2.36. The van der Waals surface area contributed by atoms with E-state index < -0.39 is 8.32 Å². The highest BCUT2D eigenvalue weighted by atomic mass is 28.4. The first-order valence-electron chi connectivity index (χ1n) is 6.81. The highest BCUT2D eigenvalue weighted by Crippen LogP contribution is 2.36. The third-order valence-corrected chi connectivity index (χ3v) is 8.28. The molecule has 0 aromatic heterocycles. The molecule has 0 radical (unpaired) electrons. The molecule has 1 rings (SSSR count). The lowest BCUT2D eigenvalue weighted by Crippen LogP contribution is -2.41. The maximum atomic E-state index is 6.07. The Bertz CT molecular complexity index is 399. The summed E-state index contributed by atoms with van der Waals surface area (Å²) in [5, 5.41) is 3.35. The minimum absolute atomic E-state index is 0.249. The van der Waals surface area contributed by atoms with E-state index in [1.54, 1.807) is 0 Å². The number of hydrogen-bond acceptors (Lipinski definition) is 3. The van der Waals surface area contributed by atoms with E-state index in [9.17, 15) is 0 Å². The van der Waals surface area contributed by atoms with Crippen molar-refractivity contribution in [1.29, 1.82) is 0 Å². The van der Waals surface area contributed by atoms with Gasteiger partial charge in [0.25, 0.3) is 0 Å². The number of benzene rings is 1. The standard InChI is InChI=1S/C15H27NO2Si/c1-15(2,3)19(5,6)18-11-10-17-14-9-7-8-13(12-14)16-4/h7-9,12,16H,10-11H2,1-6H3. The van der Waals surface area contributed by atoms with E-state index >= 15 is 0 Å². The van der Waals surface area contributed by atoms with Gasteiger partial charge in [-0.25, -0.2) is 0 Å². The van der Waals surface area contributed by atoms with Crippen LogP contribution in [0, 0.1) is 0 Å². The van der Waals surface area contributed by atoms with E-state index in [2.05, 4.69) is 39.2 Å². The van der Waals surface area contributed by atoms with E-state index in [0.29, 0.717) is 13.2 Å². The van der Waals surface area contributed by atoms with Crippen LogP contribution < -0.4 is 10.1 Å². The quantitative estimate of drug-likeness (QED) is 0.628. The topological polar surface area (TPSA) is 30.5 Å². The molecule has 0 amide bonds. The van der Waals surface area contributed by atoms with E-state index in [0.717, 1.165) is 11.4 Å². The van der Waals surface area contributed by atoms with E-state index in [1.807, 2.05) is 31.3 Å². The summed E-state index contributed by atoms with van der Waals surface area (Å²) in [7, 11) is 0.249. The summed E-state index contributed by atoms with van der Waals surface area (Å²) in [5.74, 6) is 0.880. The van der Waals surface area contributed by atoms with Crippen LogP contribution in [-0.2, 0) is 4.43 Å². The van der Waals surface area contributed by atoms with Crippen molar-refractivity contribution in [3.05, 3.63) is 24.3 Å². The molecular weight excluding hydrogens is 254 g/mol. The van der Waals surface area contributed by atoms with Gasteiger partial charge >= 0.3 is 0 Å². The van der Waals surface area contributed by atoms with E-state index in [-0.39, 0.29) is 5.04 Å². The molecule has 0 fully saturated rings. The zero-order valence-electron chi connectivity index (χ0n) is 13.0. The van der Waals surface area contributed by atoms with E-state index in [4.69, 9.17) is 9.16 Å². The highest BCUT2D eigenvalue weighted by molar-refractivity contribution is 6.74. The summed E-state index contributed by atoms with van der Waals surface area (Å²) in [5.41, 5.74) is 1.06. The monoisotopic (exact) mass is 281 g/mol. The average Bonchev–Trinajstić information content (AvgIpc) is 2.33. The molecule has 1 aromatic carbocycles. The summed E-state index contributed by atoms with van der Waals surface area (Å²) >= 11 is 0. The Morgan fingerprint density at radius 2 is 1.84 bits per heavy atom. The van der Waals surface area contributed by atoms with Gasteiger partial charge in [0.2, 0.25) is 0 Å². The first-order valence-corrected chi connectivity index (χ1v) is 9.72. The fourth-order valence-electron chi connectivity index (χ4n) is 1.41. The summed E-state index contributed by atoms with van der Waals surface area (Å²) in [6, 6.07) is 7.95. The van der Waals surface area contributed by atoms with Gasteiger partial charge in [-0.3, -0.25) is 0 Å². The van der Waals surface area contributed by atoms with Crippen molar-refractivity contribution < 1.29 is 9.16 Å². The first-order chi connectivity index (χ1) is 8.76. The number of anilines is 1. The maximum absolute atomic E-state index is 6.07. The van der Waals surface area contributed by atoms with Gasteiger partial charge < -0.3 is 14.5 Å². The van der Waals surface area contributed by atoms with Crippen LogP contribution in [0.25, 0.3) is 0 Å². The second-order valence-electron chi connectivity index (χ2n) is 6.24. The molecule has 0 saturated heterocycles. The van der Waals surface area contributed by atoms with Gasteiger partial charge in [-0.2, -0.15) is 0 Å². The molecule has 1 N–H and O–H groups in total. The van der Waals surface area contributed by atoms with Crippen LogP contribution in [0.4, 0.5) is 5.69 Å². The summed E-state index contributed by atoms with van der Waals surface area (Å²) < 4.78 is 11.8. The number of rotatable bonds is 6. The number of hydrogen-bond donors (Lipinski definition) is 1. The Morgan fingerprint density at radius 1 is 1.16 bits per heavy atom. The molecule has 0 bridgehead atoms. The normalized spacial score (nSPS) is 12.3. The fourth-order valence-corrected chi connectivity index (χ4v) is 2.44. The predicted octanol–water partition coefficient (Wildman–Crippen LogP) is 4.13. The molecule has 0 atom stereocenters. The van der Waals surface area contributed by atoms with Crippen LogP contribution in [0.3, 0.4) is 0 Å². The Hall–Kier alpha value is -1.00. The first kappa shape index (κ1) is 16.1. The van der Waals surface area contributed by atoms with Crippen molar-refractivity contribution in [2.75, 3.05) is 25.6 Å². The minimum atomic E-state index is -1.65. The molecule has 0 aliphatic heterocycles. The highest BCUT2D eigenvalue weighted by Gasteiger charge is 2.36. The Morgan fingerprint density at radius 3 is 2.42 bits per heavy atom. The molecule has 0 aliphatic rings. The van der Waals surface area contributed by atoms with Crippen molar-refractivity contribution in [3.63, 3.8) is 0 Å². The Balaban J connectivity index is 2.39. The molecule has 0 spiro atoms. The van der Waals surface area contributed by atoms with Crippen LogP contribution >= 0.6 is 0 Å². The lowest BCUT2D eigenvalue weighted by molar-refractivity contribution is 0.203. The fraction of sp³-hybridized carbons (Fsp3) is 0.600. The maximum Gasteiger partial charge on any atom is 0.192 e. The van der Waals surface area contributed by atoms with Crippen molar-refractivity contribution in [2.45, 2.75) is 38.9 Å². The van der Waals surface area contributed by atoms with Gasteiger partial charge in [-0.05, 0) is 30.3 Å². The molecule has 108 valence electrons. The van der Waals surface area contributed by atoms with Gasteiger partial charge in [0.1, 0.15) is 12.4 Å².